The number of guanidine groups is 1. The zero-order chi connectivity index (χ0) is 17.4. The molecule has 0 radical (unpaired) electrons. The molecule has 2 heterocycles. The van der Waals surface area contributed by atoms with Gasteiger partial charge in [-0.05, 0) is 29.8 Å². The second-order valence-corrected chi connectivity index (χ2v) is 5.54. The summed E-state index contributed by atoms with van der Waals surface area (Å²) in [5.74, 6) is 2.12. The molecule has 5 N–H and O–H groups in total. The van der Waals surface area contributed by atoms with Gasteiger partial charge < -0.3 is 26.0 Å². The van der Waals surface area contributed by atoms with E-state index in [9.17, 15) is 5.11 Å². The summed E-state index contributed by atoms with van der Waals surface area (Å²) in [5, 5.41) is 10.7. The van der Waals surface area contributed by atoms with Crippen LogP contribution in [0.3, 0.4) is 0 Å². The summed E-state index contributed by atoms with van der Waals surface area (Å²) in [6.07, 6.45) is 0.425. The molecule has 0 unspecified atom stereocenters. The van der Waals surface area contributed by atoms with Gasteiger partial charge in [0, 0.05) is 11.8 Å². The summed E-state index contributed by atoms with van der Waals surface area (Å²) in [6, 6.07) is 10.6. The van der Waals surface area contributed by atoms with Gasteiger partial charge in [0.15, 0.2) is 23.3 Å². The summed E-state index contributed by atoms with van der Waals surface area (Å²) in [6.45, 7) is 0.216. The van der Waals surface area contributed by atoms with Crippen LogP contribution in [0.5, 0.6) is 17.2 Å². The van der Waals surface area contributed by atoms with E-state index < -0.39 is 0 Å². The number of aromatic nitrogens is 2. The van der Waals surface area contributed by atoms with E-state index in [0.29, 0.717) is 40.5 Å². The predicted molar refractivity (Wildman–Crippen MR) is 92.0 cm³/mol. The summed E-state index contributed by atoms with van der Waals surface area (Å²) in [7, 11) is 0. The Morgan fingerprint density at radius 1 is 1.12 bits per heavy atom. The lowest BCUT2D eigenvalue weighted by Crippen LogP contribution is -2.22. The van der Waals surface area contributed by atoms with Crippen molar-refractivity contribution < 1.29 is 14.6 Å². The fourth-order valence-corrected chi connectivity index (χ4v) is 2.69. The number of fused-ring (bicyclic) bond motifs is 2. The lowest BCUT2D eigenvalue weighted by Gasteiger charge is -2.08. The number of nitrogens with zero attached hydrogens (tertiary/aromatic N) is 3. The van der Waals surface area contributed by atoms with E-state index in [1.807, 2.05) is 18.2 Å². The van der Waals surface area contributed by atoms with Crippen molar-refractivity contribution in [2.45, 2.75) is 6.42 Å². The Morgan fingerprint density at radius 2 is 1.96 bits per heavy atom. The van der Waals surface area contributed by atoms with E-state index in [4.69, 9.17) is 20.9 Å². The molecule has 0 spiro atoms. The van der Waals surface area contributed by atoms with Crippen molar-refractivity contribution in [2.75, 3.05) is 6.79 Å². The lowest BCUT2D eigenvalue weighted by atomic mass is 10.1. The van der Waals surface area contributed by atoms with Gasteiger partial charge in [0.2, 0.25) is 6.79 Å². The average molecular weight is 337 g/mol. The standard InChI is InChI=1S/C17H15N5O3/c18-17(19)22-16-10-2-1-3-11(23)15(10)20-14(21-16)7-9-4-5-12-13(6-9)25-8-24-12/h1-6,23H,7-8H2,(H4,18,19,20,21,22). The Bertz CT molecular complexity index is 999. The van der Waals surface area contributed by atoms with Gasteiger partial charge in [-0.1, -0.05) is 12.1 Å². The van der Waals surface area contributed by atoms with Crippen LogP contribution in [-0.4, -0.2) is 27.8 Å². The molecule has 0 aliphatic carbocycles. The van der Waals surface area contributed by atoms with Gasteiger partial charge in [0.05, 0.1) is 0 Å². The highest BCUT2D eigenvalue weighted by Gasteiger charge is 2.15. The zero-order valence-corrected chi connectivity index (χ0v) is 13.1. The molecule has 0 amide bonds. The van der Waals surface area contributed by atoms with Gasteiger partial charge in [-0.25, -0.2) is 9.97 Å². The van der Waals surface area contributed by atoms with E-state index in [-0.39, 0.29) is 18.5 Å². The second kappa shape index (κ2) is 5.82. The summed E-state index contributed by atoms with van der Waals surface area (Å²) in [5.41, 5.74) is 12.3. The first-order chi connectivity index (χ1) is 12.1. The fraction of sp³-hybridized carbons (Fsp3) is 0.118. The van der Waals surface area contributed by atoms with E-state index >= 15 is 0 Å². The number of ether oxygens (including phenoxy) is 2. The summed E-state index contributed by atoms with van der Waals surface area (Å²) < 4.78 is 10.7. The van der Waals surface area contributed by atoms with Crippen molar-refractivity contribution in [2.24, 2.45) is 16.5 Å². The average Bonchev–Trinajstić information content (AvgIpc) is 3.03. The minimum atomic E-state index is -0.114. The van der Waals surface area contributed by atoms with Crippen molar-refractivity contribution in [1.29, 1.82) is 0 Å². The molecular formula is C17H15N5O3. The first-order valence-electron chi connectivity index (χ1n) is 7.57. The van der Waals surface area contributed by atoms with Gasteiger partial charge >= 0.3 is 0 Å². The third-order valence-electron chi connectivity index (χ3n) is 3.77. The maximum atomic E-state index is 10.1. The normalized spacial score (nSPS) is 12.3. The van der Waals surface area contributed by atoms with Crippen LogP contribution in [0.2, 0.25) is 0 Å². The van der Waals surface area contributed by atoms with Crippen molar-refractivity contribution in [3.8, 4) is 17.2 Å². The number of nitrogens with two attached hydrogens (primary N) is 2. The topological polar surface area (TPSA) is 129 Å². The monoisotopic (exact) mass is 337 g/mol. The molecule has 1 aliphatic rings. The molecule has 8 nitrogen and oxygen atoms in total. The molecular weight excluding hydrogens is 322 g/mol. The highest BCUT2D eigenvalue weighted by Crippen LogP contribution is 2.34. The van der Waals surface area contributed by atoms with Gasteiger partial charge in [-0.15, -0.1) is 0 Å². The van der Waals surface area contributed by atoms with Crippen LogP contribution >= 0.6 is 0 Å². The highest BCUT2D eigenvalue weighted by molar-refractivity contribution is 5.94. The second-order valence-electron chi connectivity index (χ2n) is 5.54. The molecule has 0 saturated carbocycles. The Kier molecular flexibility index (Phi) is 3.50. The predicted octanol–water partition coefficient (Wildman–Crippen LogP) is 1.56. The van der Waals surface area contributed by atoms with Crippen molar-refractivity contribution in [3.05, 3.63) is 47.8 Å². The largest absolute Gasteiger partial charge is 0.506 e. The molecule has 25 heavy (non-hydrogen) atoms. The third kappa shape index (κ3) is 2.85. The fourth-order valence-electron chi connectivity index (χ4n) is 2.69. The number of benzene rings is 2. The SMILES string of the molecule is NC(N)=Nc1nc(Cc2ccc3c(c2)OCO3)nc2c(O)cccc12. The smallest absolute Gasteiger partial charge is 0.231 e. The van der Waals surface area contributed by atoms with E-state index in [1.54, 1.807) is 18.2 Å². The summed E-state index contributed by atoms with van der Waals surface area (Å²) in [4.78, 5) is 12.9. The lowest BCUT2D eigenvalue weighted by molar-refractivity contribution is 0.174. The number of rotatable bonds is 3. The molecule has 4 rings (SSSR count). The van der Waals surface area contributed by atoms with Gasteiger partial charge in [-0.3, -0.25) is 0 Å². The minimum Gasteiger partial charge on any atom is -0.506 e. The highest BCUT2D eigenvalue weighted by atomic mass is 16.7. The van der Waals surface area contributed by atoms with E-state index in [2.05, 4.69) is 15.0 Å². The maximum Gasteiger partial charge on any atom is 0.231 e. The van der Waals surface area contributed by atoms with Crippen LogP contribution in [0, 0.1) is 0 Å². The molecule has 0 bridgehead atoms. The third-order valence-corrected chi connectivity index (χ3v) is 3.77. The van der Waals surface area contributed by atoms with Crippen LogP contribution in [0.25, 0.3) is 10.9 Å². The van der Waals surface area contributed by atoms with Gasteiger partial charge in [0.25, 0.3) is 0 Å². The van der Waals surface area contributed by atoms with Crippen molar-refractivity contribution in [3.63, 3.8) is 0 Å². The molecule has 8 heteroatoms. The molecule has 0 atom stereocenters. The first kappa shape index (κ1) is 15.0. The van der Waals surface area contributed by atoms with Crippen LogP contribution < -0.4 is 20.9 Å². The first-order valence-corrected chi connectivity index (χ1v) is 7.57. The Morgan fingerprint density at radius 3 is 2.80 bits per heavy atom. The van der Waals surface area contributed by atoms with Gasteiger partial charge in [-0.2, -0.15) is 4.99 Å². The molecule has 0 saturated heterocycles. The van der Waals surface area contributed by atoms with Gasteiger partial charge in [0.1, 0.15) is 17.1 Å². The number of aromatic hydroxyl groups is 1. The Balaban J connectivity index is 1.79. The van der Waals surface area contributed by atoms with E-state index in [0.717, 1.165) is 5.56 Å². The van der Waals surface area contributed by atoms with Crippen molar-refractivity contribution >= 4 is 22.7 Å². The number of hydrogen-bond donors (Lipinski definition) is 3. The number of phenolic OH excluding ortho intramolecular Hbond substituents is 1. The minimum absolute atomic E-state index is 0.0406. The van der Waals surface area contributed by atoms with Crippen LogP contribution in [0.15, 0.2) is 41.4 Å². The summed E-state index contributed by atoms with van der Waals surface area (Å²) >= 11 is 0. The Labute approximate surface area is 142 Å². The zero-order valence-electron chi connectivity index (χ0n) is 13.1. The number of para-hydroxylation sites is 1. The molecule has 1 aromatic heterocycles. The molecule has 0 fully saturated rings. The molecule has 1 aliphatic heterocycles. The number of hydrogen-bond acceptors (Lipinski definition) is 6. The molecule has 126 valence electrons. The Hall–Kier alpha value is -3.55. The number of aliphatic imine (C=N–C) groups is 1. The quantitative estimate of drug-likeness (QED) is 0.488. The van der Waals surface area contributed by atoms with Crippen LogP contribution in [0.1, 0.15) is 11.4 Å². The van der Waals surface area contributed by atoms with Crippen LogP contribution in [0.4, 0.5) is 5.82 Å². The molecule has 3 aromatic rings. The maximum absolute atomic E-state index is 10.1. The van der Waals surface area contributed by atoms with E-state index in [1.165, 1.54) is 0 Å². The number of phenols is 1. The molecule has 2 aromatic carbocycles. The van der Waals surface area contributed by atoms with Crippen LogP contribution in [-0.2, 0) is 6.42 Å². The van der Waals surface area contributed by atoms with Crippen molar-refractivity contribution in [1.82, 2.24) is 9.97 Å².